The van der Waals surface area contributed by atoms with Crippen molar-refractivity contribution in [2.45, 2.75) is 23.1 Å². The van der Waals surface area contributed by atoms with Crippen LogP contribution in [0.3, 0.4) is 0 Å². The van der Waals surface area contributed by atoms with Crippen LogP contribution < -0.4 is 10.0 Å². The van der Waals surface area contributed by atoms with Gasteiger partial charge in [-0.25, -0.2) is 8.42 Å². The first-order chi connectivity index (χ1) is 15.3. The molecule has 7 nitrogen and oxygen atoms in total. The number of thiophene rings is 1. The van der Waals surface area contributed by atoms with E-state index in [1.165, 1.54) is 13.2 Å². The predicted molar refractivity (Wildman–Crippen MR) is 124 cm³/mol. The lowest BCUT2D eigenvalue weighted by molar-refractivity contribution is -0.141. The Kier molecular flexibility index (Phi) is 7.89. The molecule has 10 heteroatoms. The van der Waals surface area contributed by atoms with E-state index in [-0.39, 0.29) is 23.0 Å². The van der Waals surface area contributed by atoms with Gasteiger partial charge in [0.1, 0.15) is 4.21 Å². The maximum atomic E-state index is 12.6. The molecule has 0 radical (unpaired) electrons. The number of ether oxygens (including phenoxy) is 1. The van der Waals surface area contributed by atoms with Crippen LogP contribution in [0.5, 0.6) is 0 Å². The molecule has 0 aliphatic rings. The highest BCUT2D eigenvalue weighted by molar-refractivity contribution is 7.94. The monoisotopic (exact) mass is 492 g/mol. The molecule has 3 rings (SSSR count). The van der Waals surface area contributed by atoms with Gasteiger partial charge in [0, 0.05) is 10.7 Å². The Bertz CT molecular complexity index is 1180. The number of rotatable bonds is 9. The molecule has 0 aliphatic carbocycles. The van der Waals surface area contributed by atoms with E-state index in [1.54, 1.807) is 60.0 Å². The highest BCUT2D eigenvalue weighted by Gasteiger charge is 2.21. The van der Waals surface area contributed by atoms with Gasteiger partial charge < -0.3 is 10.1 Å². The second kappa shape index (κ2) is 10.6. The summed E-state index contributed by atoms with van der Waals surface area (Å²) < 4.78 is 32.1. The minimum absolute atomic E-state index is 0.0417. The summed E-state index contributed by atoms with van der Waals surface area (Å²) in [6, 6.07) is 16.0. The fourth-order valence-corrected chi connectivity index (χ4v) is 5.31. The summed E-state index contributed by atoms with van der Waals surface area (Å²) >= 11 is 7.36. The Labute approximate surface area is 195 Å². The van der Waals surface area contributed by atoms with Crippen molar-refractivity contribution in [2.24, 2.45) is 0 Å². The Morgan fingerprint density at radius 2 is 1.78 bits per heavy atom. The third kappa shape index (κ3) is 6.32. The van der Waals surface area contributed by atoms with E-state index in [2.05, 4.69) is 10.0 Å². The van der Waals surface area contributed by atoms with Crippen LogP contribution in [0.15, 0.2) is 70.3 Å². The highest BCUT2D eigenvalue weighted by atomic mass is 35.5. The first-order valence-electron chi connectivity index (χ1n) is 9.54. The first-order valence-corrected chi connectivity index (χ1v) is 12.3. The molecule has 1 heterocycles. The van der Waals surface area contributed by atoms with Gasteiger partial charge in [-0.3, -0.25) is 14.3 Å². The van der Waals surface area contributed by atoms with Gasteiger partial charge in [-0.1, -0.05) is 48.0 Å². The van der Waals surface area contributed by atoms with Crippen molar-refractivity contribution in [3.63, 3.8) is 0 Å². The van der Waals surface area contributed by atoms with Crippen LogP contribution in [0.4, 0.5) is 5.69 Å². The molecule has 0 spiro atoms. The second-order valence-electron chi connectivity index (χ2n) is 6.83. The summed E-state index contributed by atoms with van der Waals surface area (Å²) in [6.07, 6.45) is -0.0184. The van der Waals surface area contributed by atoms with Gasteiger partial charge in [0.2, 0.25) is 5.91 Å². The second-order valence-corrected chi connectivity index (χ2v) is 10.1. The fourth-order valence-electron chi connectivity index (χ4n) is 2.99. The molecular formula is C22H21ClN2O5S2. The van der Waals surface area contributed by atoms with E-state index in [9.17, 15) is 18.0 Å². The van der Waals surface area contributed by atoms with Crippen LogP contribution in [0.2, 0.25) is 5.02 Å². The molecule has 2 aromatic carbocycles. The van der Waals surface area contributed by atoms with Crippen molar-refractivity contribution in [1.29, 1.82) is 0 Å². The number of carbonyl (C=O) groups excluding carboxylic acids is 2. The number of anilines is 1. The highest BCUT2D eigenvalue weighted by Crippen LogP contribution is 2.26. The summed E-state index contributed by atoms with van der Waals surface area (Å²) in [5.74, 6) is -0.789. The lowest BCUT2D eigenvalue weighted by atomic mass is 10.0. The fraction of sp³-hybridized carbons (Fsp3) is 0.182. The molecule has 0 fully saturated rings. The minimum Gasteiger partial charge on any atom is -0.469 e. The quantitative estimate of drug-likeness (QED) is 0.436. The van der Waals surface area contributed by atoms with Crippen LogP contribution in [0.1, 0.15) is 23.6 Å². The van der Waals surface area contributed by atoms with Crippen LogP contribution in [0.25, 0.3) is 0 Å². The zero-order chi connectivity index (χ0) is 23.1. The summed E-state index contributed by atoms with van der Waals surface area (Å²) in [7, 11) is -2.36. The van der Waals surface area contributed by atoms with E-state index in [0.29, 0.717) is 21.8 Å². The molecule has 0 aliphatic heterocycles. The summed E-state index contributed by atoms with van der Waals surface area (Å²) in [5.41, 5.74) is 1.69. The average Bonchev–Trinajstić information content (AvgIpc) is 3.31. The summed E-state index contributed by atoms with van der Waals surface area (Å²) in [4.78, 5) is 24.4. The van der Waals surface area contributed by atoms with E-state index >= 15 is 0 Å². The largest absolute Gasteiger partial charge is 0.469 e. The van der Waals surface area contributed by atoms with E-state index in [1.807, 2.05) is 0 Å². The first kappa shape index (κ1) is 23.8. The number of halogens is 1. The minimum atomic E-state index is -3.64. The van der Waals surface area contributed by atoms with Gasteiger partial charge in [-0.2, -0.15) is 0 Å². The lowest BCUT2D eigenvalue weighted by Gasteiger charge is -2.19. The van der Waals surface area contributed by atoms with Gasteiger partial charge in [-0.05, 0) is 40.8 Å². The third-order valence-electron chi connectivity index (χ3n) is 4.55. The smallest absolute Gasteiger partial charge is 0.307 e. The van der Waals surface area contributed by atoms with Gasteiger partial charge in [-0.15, -0.1) is 11.3 Å². The number of sulfonamides is 1. The molecule has 1 atom stereocenters. The number of esters is 1. The van der Waals surface area contributed by atoms with Crippen LogP contribution in [-0.4, -0.2) is 27.4 Å². The standard InChI is InChI=1S/C22H21ClN2O5S2/c1-30-21(27)14-19(17-5-2-3-6-18(17)23)24-20(26)13-15-8-10-16(11-9-15)25-32(28,29)22-7-4-12-31-22/h2-12,19,25H,13-14H2,1H3,(H,24,26). The van der Waals surface area contributed by atoms with Crippen molar-refractivity contribution in [3.8, 4) is 0 Å². The molecule has 0 saturated carbocycles. The Morgan fingerprint density at radius 1 is 1.06 bits per heavy atom. The molecule has 168 valence electrons. The van der Waals surface area contributed by atoms with Crippen molar-refractivity contribution in [2.75, 3.05) is 11.8 Å². The van der Waals surface area contributed by atoms with Crippen molar-refractivity contribution in [3.05, 3.63) is 82.2 Å². The van der Waals surface area contributed by atoms with Gasteiger partial charge in [0.05, 0.1) is 26.0 Å². The third-order valence-corrected chi connectivity index (χ3v) is 7.67. The molecule has 1 amide bonds. The molecular weight excluding hydrogens is 472 g/mol. The number of amides is 1. The van der Waals surface area contributed by atoms with E-state index < -0.39 is 22.0 Å². The molecule has 1 aromatic heterocycles. The number of carbonyl (C=O) groups is 2. The molecule has 1 unspecified atom stereocenters. The number of hydrogen-bond acceptors (Lipinski definition) is 6. The summed E-state index contributed by atoms with van der Waals surface area (Å²) in [6.45, 7) is 0. The Hall–Kier alpha value is -2.88. The normalized spacial score (nSPS) is 12.1. The van der Waals surface area contributed by atoms with Crippen LogP contribution in [0, 0.1) is 0 Å². The predicted octanol–water partition coefficient (Wildman–Crippen LogP) is 4.17. The maximum absolute atomic E-state index is 12.6. The van der Waals surface area contributed by atoms with Gasteiger partial charge in [0.25, 0.3) is 10.0 Å². The van der Waals surface area contributed by atoms with Crippen LogP contribution >= 0.6 is 22.9 Å². The number of nitrogens with one attached hydrogen (secondary N) is 2. The SMILES string of the molecule is COC(=O)CC(NC(=O)Cc1ccc(NS(=O)(=O)c2cccs2)cc1)c1ccccc1Cl. The molecule has 32 heavy (non-hydrogen) atoms. The average molecular weight is 493 g/mol. The molecule has 0 saturated heterocycles. The van der Waals surface area contributed by atoms with E-state index in [0.717, 1.165) is 11.3 Å². The molecule has 0 bridgehead atoms. The number of methoxy groups -OCH3 is 1. The molecule has 3 aromatic rings. The Balaban J connectivity index is 1.66. The maximum Gasteiger partial charge on any atom is 0.307 e. The number of hydrogen-bond donors (Lipinski definition) is 2. The van der Waals surface area contributed by atoms with Crippen molar-refractivity contribution < 1.29 is 22.7 Å². The number of benzene rings is 2. The van der Waals surface area contributed by atoms with Crippen molar-refractivity contribution >= 4 is 50.5 Å². The summed E-state index contributed by atoms with van der Waals surface area (Å²) in [5, 5.41) is 4.95. The lowest BCUT2D eigenvalue weighted by Crippen LogP contribution is -2.31. The topological polar surface area (TPSA) is 102 Å². The van der Waals surface area contributed by atoms with Crippen molar-refractivity contribution in [1.82, 2.24) is 5.32 Å². The zero-order valence-corrected chi connectivity index (χ0v) is 19.5. The zero-order valence-electron chi connectivity index (χ0n) is 17.1. The van der Waals surface area contributed by atoms with Gasteiger partial charge in [0.15, 0.2) is 0 Å². The molecule has 2 N–H and O–H groups in total. The van der Waals surface area contributed by atoms with E-state index in [4.69, 9.17) is 16.3 Å². The Morgan fingerprint density at radius 3 is 2.41 bits per heavy atom. The van der Waals surface area contributed by atoms with Crippen LogP contribution in [-0.2, 0) is 30.8 Å². The van der Waals surface area contributed by atoms with Gasteiger partial charge >= 0.3 is 5.97 Å².